The van der Waals surface area contributed by atoms with Crippen LogP contribution in [0.3, 0.4) is 0 Å². The first-order valence-electron chi connectivity index (χ1n) is 4.01. The van der Waals surface area contributed by atoms with Crippen molar-refractivity contribution in [2.45, 2.75) is 0 Å². The molecule has 0 spiro atoms. The van der Waals surface area contributed by atoms with Crippen LogP contribution in [0.5, 0.6) is 0 Å². The zero-order valence-electron chi connectivity index (χ0n) is 7.18. The van der Waals surface area contributed by atoms with E-state index < -0.39 is 5.97 Å². The first-order valence-corrected chi connectivity index (χ1v) is 4.01. The van der Waals surface area contributed by atoms with Crippen LogP contribution in [0.2, 0.25) is 0 Å². The number of carbonyl (C=O) groups is 1. The Balaban J connectivity index is 2.40. The van der Waals surface area contributed by atoms with Crippen LogP contribution in [0.4, 0.5) is 0 Å². The van der Waals surface area contributed by atoms with Gasteiger partial charge in [-0.2, -0.15) is 0 Å². The minimum Gasteiger partial charge on any atom is -0.478 e. The van der Waals surface area contributed by atoms with Gasteiger partial charge in [-0.25, -0.2) is 9.78 Å². The lowest BCUT2D eigenvalue weighted by molar-refractivity contribution is -0.131. The second kappa shape index (κ2) is 3.33. The highest BCUT2D eigenvalue weighted by Crippen LogP contribution is 2.17. The highest BCUT2D eigenvalue weighted by molar-refractivity contribution is 5.86. The minimum absolute atomic E-state index is 0.487. The molecule has 0 saturated heterocycles. The summed E-state index contributed by atoms with van der Waals surface area (Å²) < 4.78 is 5.26. The lowest BCUT2D eigenvalue weighted by atomic mass is 10.3. The zero-order chi connectivity index (χ0) is 9.97. The third kappa shape index (κ3) is 1.64. The number of pyridine rings is 1. The Bertz CT molecular complexity index is 466. The summed E-state index contributed by atoms with van der Waals surface area (Å²) >= 11 is 0. The van der Waals surface area contributed by atoms with E-state index in [9.17, 15) is 4.79 Å². The lowest BCUT2D eigenvalue weighted by Crippen LogP contribution is -1.84. The van der Waals surface area contributed by atoms with E-state index in [1.54, 1.807) is 18.3 Å². The molecule has 4 nitrogen and oxygen atoms in total. The summed E-state index contributed by atoms with van der Waals surface area (Å²) in [7, 11) is 0. The molecule has 2 aromatic rings. The predicted molar refractivity (Wildman–Crippen MR) is 50.7 cm³/mol. The molecule has 0 amide bonds. The number of aliphatic carboxylic acids is 1. The highest BCUT2D eigenvalue weighted by atomic mass is 16.4. The maximum Gasteiger partial charge on any atom is 0.328 e. The predicted octanol–water partition coefficient (Wildman–Crippen LogP) is 1.93. The van der Waals surface area contributed by atoms with Crippen LogP contribution >= 0.6 is 0 Å². The summed E-state index contributed by atoms with van der Waals surface area (Å²) in [5, 5.41) is 9.26. The van der Waals surface area contributed by atoms with Gasteiger partial charge in [-0.3, -0.25) is 0 Å². The normalized spacial score (nSPS) is 11.1. The standard InChI is InChI=1S/C10H7NO3/c12-9(13)4-3-8-6-7-2-1-5-11-10(7)14-8/h1-6H,(H,12,13)/b4-3+. The van der Waals surface area contributed by atoms with Gasteiger partial charge >= 0.3 is 5.97 Å². The van der Waals surface area contributed by atoms with Gasteiger partial charge in [-0.05, 0) is 24.3 Å². The third-order valence-corrected chi connectivity index (χ3v) is 1.70. The van der Waals surface area contributed by atoms with E-state index in [4.69, 9.17) is 9.52 Å². The molecule has 0 atom stereocenters. The largest absolute Gasteiger partial charge is 0.478 e. The molecule has 0 radical (unpaired) electrons. The van der Waals surface area contributed by atoms with Gasteiger partial charge in [0.2, 0.25) is 5.71 Å². The molecule has 2 aromatic heterocycles. The molecule has 0 aliphatic heterocycles. The number of carboxylic acids is 1. The Kier molecular flexibility index (Phi) is 2.02. The minimum atomic E-state index is -1.00. The van der Waals surface area contributed by atoms with Crippen molar-refractivity contribution in [3.05, 3.63) is 36.2 Å². The summed E-state index contributed by atoms with van der Waals surface area (Å²) in [6, 6.07) is 5.38. The van der Waals surface area contributed by atoms with Crippen LogP contribution in [-0.4, -0.2) is 16.1 Å². The molecule has 0 unspecified atom stereocenters. The van der Waals surface area contributed by atoms with Crippen LogP contribution in [0.1, 0.15) is 5.76 Å². The van der Waals surface area contributed by atoms with Crippen LogP contribution in [0, 0.1) is 0 Å². The van der Waals surface area contributed by atoms with E-state index >= 15 is 0 Å². The number of rotatable bonds is 2. The quantitative estimate of drug-likeness (QED) is 0.733. The molecule has 2 rings (SSSR count). The number of hydrogen-bond acceptors (Lipinski definition) is 3. The molecule has 1 N–H and O–H groups in total. The average molecular weight is 189 g/mol. The van der Waals surface area contributed by atoms with Crippen molar-refractivity contribution >= 4 is 23.1 Å². The van der Waals surface area contributed by atoms with Crippen LogP contribution < -0.4 is 0 Å². The SMILES string of the molecule is O=C(O)/C=C/c1cc2cccnc2o1. The second-order valence-corrected chi connectivity index (χ2v) is 2.72. The van der Waals surface area contributed by atoms with Gasteiger partial charge in [0.25, 0.3) is 0 Å². The van der Waals surface area contributed by atoms with Crippen molar-refractivity contribution in [3.63, 3.8) is 0 Å². The van der Waals surface area contributed by atoms with Crippen LogP contribution in [0.25, 0.3) is 17.2 Å². The van der Waals surface area contributed by atoms with Crippen molar-refractivity contribution in [2.75, 3.05) is 0 Å². The molecule has 2 heterocycles. The Labute approximate surface area is 79.5 Å². The maximum absolute atomic E-state index is 10.2. The summed E-state index contributed by atoms with van der Waals surface area (Å²) in [6.07, 6.45) is 4.04. The number of nitrogens with zero attached hydrogens (tertiary/aromatic N) is 1. The van der Waals surface area contributed by atoms with E-state index in [1.165, 1.54) is 6.08 Å². The molecule has 4 heteroatoms. The molecule has 0 saturated carbocycles. The van der Waals surface area contributed by atoms with Crippen molar-refractivity contribution in [3.8, 4) is 0 Å². The van der Waals surface area contributed by atoms with Gasteiger partial charge < -0.3 is 9.52 Å². The van der Waals surface area contributed by atoms with E-state index in [0.29, 0.717) is 11.5 Å². The second-order valence-electron chi connectivity index (χ2n) is 2.72. The van der Waals surface area contributed by atoms with Crippen molar-refractivity contribution < 1.29 is 14.3 Å². The topological polar surface area (TPSA) is 63.3 Å². The fraction of sp³-hybridized carbons (Fsp3) is 0. The molecular formula is C10H7NO3. The first-order chi connectivity index (χ1) is 6.75. The molecule has 70 valence electrons. The van der Waals surface area contributed by atoms with Gasteiger partial charge in [-0.15, -0.1) is 0 Å². The van der Waals surface area contributed by atoms with Crippen molar-refractivity contribution in [2.24, 2.45) is 0 Å². The fourth-order valence-electron chi connectivity index (χ4n) is 1.13. The van der Waals surface area contributed by atoms with Crippen LogP contribution in [-0.2, 0) is 4.79 Å². The van der Waals surface area contributed by atoms with Gasteiger partial charge in [0.15, 0.2) is 0 Å². The molecular weight excluding hydrogens is 182 g/mol. The Morgan fingerprint density at radius 2 is 2.43 bits per heavy atom. The number of furan rings is 1. The molecule has 0 aliphatic carbocycles. The average Bonchev–Trinajstić information content (AvgIpc) is 2.57. The number of hydrogen-bond donors (Lipinski definition) is 1. The van der Waals surface area contributed by atoms with Gasteiger partial charge in [0, 0.05) is 17.7 Å². The Hall–Kier alpha value is -2.10. The number of fused-ring (bicyclic) bond motifs is 1. The number of carboxylic acid groups (broad SMARTS) is 1. The van der Waals surface area contributed by atoms with E-state index in [-0.39, 0.29) is 0 Å². The van der Waals surface area contributed by atoms with Gasteiger partial charge in [0.05, 0.1) is 0 Å². The Morgan fingerprint density at radius 3 is 3.14 bits per heavy atom. The van der Waals surface area contributed by atoms with Gasteiger partial charge in [0.1, 0.15) is 5.76 Å². The molecule has 0 fully saturated rings. The molecule has 14 heavy (non-hydrogen) atoms. The summed E-state index contributed by atoms with van der Waals surface area (Å²) in [5.74, 6) is -0.514. The van der Waals surface area contributed by atoms with E-state index in [0.717, 1.165) is 11.5 Å². The highest BCUT2D eigenvalue weighted by Gasteiger charge is 2.00. The summed E-state index contributed by atoms with van der Waals surface area (Å²) in [6.45, 7) is 0. The summed E-state index contributed by atoms with van der Waals surface area (Å²) in [4.78, 5) is 14.2. The van der Waals surface area contributed by atoms with Crippen molar-refractivity contribution in [1.82, 2.24) is 4.98 Å². The first kappa shape index (κ1) is 8.50. The number of aromatic nitrogens is 1. The zero-order valence-corrected chi connectivity index (χ0v) is 7.18. The van der Waals surface area contributed by atoms with Crippen molar-refractivity contribution in [1.29, 1.82) is 0 Å². The molecule has 0 aliphatic rings. The third-order valence-electron chi connectivity index (χ3n) is 1.70. The molecule has 0 bridgehead atoms. The lowest BCUT2D eigenvalue weighted by Gasteiger charge is -1.82. The Morgan fingerprint density at radius 1 is 1.57 bits per heavy atom. The summed E-state index contributed by atoms with van der Waals surface area (Å²) in [5.41, 5.74) is 0.512. The maximum atomic E-state index is 10.2. The molecule has 0 aromatic carbocycles. The van der Waals surface area contributed by atoms with E-state index in [2.05, 4.69) is 4.98 Å². The van der Waals surface area contributed by atoms with E-state index in [1.807, 2.05) is 6.07 Å². The van der Waals surface area contributed by atoms with Crippen LogP contribution in [0.15, 0.2) is 34.9 Å². The smallest absolute Gasteiger partial charge is 0.328 e. The fourth-order valence-corrected chi connectivity index (χ4v) is 1.13. The monoisotopic (exact) mass is 189 g/mol. The van der Waals surface area contributed by atoms with Gasteiger partial charge in [-0.1, -0.05) is 0 Å².